The molecule has 0 amide bonds. The Bertz CT molecular complexity index is 257. The van der Waals surface area contributed by atoms with Crippen molar-refractivity contribution in [2.24, 2.45) is 0 Å². The van der Waals surface area contributed by atoms with Gasteiger partial charge in [-0.3, -0.25) is 0 Å². The van der Waals surface area contributed by atoms with Gasteiger partial charge in [0, 0.05) is 0 Å². The number of hydrogen-bond acceptors (Lipinski definition) is 0. The van der Waals surface area contributed by atoms with Crippen LogP contribution in [0.4, 0.5) is 0 Å². The lowest BCUT2D eigenvalue weighted by atomic mass is 10.1. The van der Waals surface area contributed by atoms with Crippen LogP contribution in [0.25, 0.3) is 0 Å². The van der Waals surface area contributed by atoms with Crippen molar-refractivity contribution in [2.45, 2.75) is 17.6 Å². The average Bonchev–Trinajstić information content (AvgIpc) is 2.03. The summed E-state index contributed by atoms with van der Waals surface area (Å²) in [6.07, 6.45) is 5.83. The van der Waals surface area contributed by atoms with E-state index in [4.69, 9.17) is 0 Å². The highest BCUT2D eigenvalue weighted by Crippen LogP contribution is 2.24. The Morgan fingerprint density at radius 2 is 1.85 bits per heavy atom. The van der Waals surface area contributed by atoms with E-state index in [1.54, 1.807) is 6.08 Å². The summed E-state index contributed by atoms with van der Waals surface area (Å²) in [5, 5.41) is 0. The van der Waals surface area contributed by atoms with Gasteiger partial charge in [0.1, 0.15) is 0 Å². The maximum atomic E-state index is 3.95. The molecule has 72 valence electrons. The normalized spacial score (nSPS) is 13.3. The topological polar surface area (TPSA) is 0 Å². The van der Waals surface area contributed by atoms with Crippen molar-refractivity contribution >= 4 is 31.9 Å². The smallest absolute Gasteiger partial charge is 0.0943 e. The van der Waals surface area contributed by atoms with Gasteiger partial charge in [0.15, 0.2) is 0 Å². The van der Waals surface area contributed by atoms with Crippen LogP contribution in [0.2, 0.25) is 0 Å². The highest BCUT2D eigenvalue weighted by Gasteiger charge is 2.04. The molecule has 0 unspecified atom stereocenters. The summed E-state index contributed by atoms with van der Waals surface area (Å²) in [6.45, 7) is 11.7. The Morgan fingerprint density at radius 1 is 1.31 bits per heavy atom. The van der Waals surface area contributed by atoms with E-state index in [0.717, 1.165) is 11.1 Å². The van der Waals surface area contributed by atoms with E-state index in [0.29, 0.717) is 0 Å². The number of rotatable bonds is 4. The molecule has 13 heavy (non-hydrogen) atoms. The molecule has 0 aliphatic heterocycles. The van der Waals surface area contributed by atoms with Crippen LogP contribution in [0.3, 0.4) is 0 Å². The Kier molecular flexibility index (Phi) is 6.35. The fourth-order valence-electron chi connectivity index (χ4n) is 0.840. The molecule has 0 heterocycles. The maximum absolute atomic E-state index is 3.95. The Hall–Kier alpha value is -0.0800. The molecule has 0 nitrogen and oxygen atoms in total. The average molecular weight is 306 g/mol. The van der Waals surface area contributed by atoms with Crippen molar-refractivity contribution in [1.29, 1.82) is 0 Å². The van der Waals surface area contributed by atoms with Crippen LogP contribution >= 0.6 is 31.9 Å². The third-order valence-corrected chi connectivity index (χ3v) is 2.70. The zero-order valence-electron chi connectivity index (χ0n) is 7.98. The summed E-state index contributed by atoms with van der Waals surface area (Å²) >= 11 is 6.81. The summed E-state index contributed by atoms with van der Waals surface area (Å²) in [5.74, 6) is 0. The first kappa shape index (κ1) is 12.9. The van der Waals surface area contributed by atoms with Gasteiger partial charge in [-0.1, -0.05) is 68.8 Å². The number of halogens is 2. The molecule has 0 rings (SSSR count). The van der Waals surface area contributed by atoms with Crippen LogP contribution in [0.15, 0.2) is 48.1 Å². The first-order valence-electron chi connectivity index (χ1n) is 3.94. The van der Waals surface area contributed by atoms with Crippen molar-refractivity contribution in [1.82, 2.24) is 0 Å². The molecule has 0 radical (unpaired) electrons. The van der Waals surface area contributed by atoms with E-state index in [9.17, 15) is 0 Å². The Morgan fingerprint density at radius 3 is 2.23 bits per heavy atom. The lowest BCUT2D eigenvalue weighted by Crippen LogP contribution is -1.92. The van der Waals surface area contributed by atoms with Gasteiger partial charge in [0.25, 0.3) is 0 Å². The fraction of sp³-hybridized carbons (Fsp3) is 0.273. The Balaban J connectivity index is 4.58. The minimum Gasteiger partial charge on any atom is -0.0991 e. The molecule has 2 heteroatoms. The van der Waals surface area contributed by atoms with Crippen LogP contribution < -0.4 is 0 Å². The van der Waals surface area contributed by atoms with Crippen LogP contribution in [-0.4, -0.2) is 3.74 Å². The third kappa shape index (κ3) is 5.27. The number of hydrogen-bond donors (Lipinski definition) is 0. The van der Waals surface area contributed by atoms with Crippen LogP contribution in [0, 0.1) is 0 Å². The quantitative estimate of drug-likeness (QED) is 0.520. The van der Waals surface area contributed by atoms with E-state index in [2.05, 4.69) is 51.1 Å². The Labute approximate surface area is 97.4 Å². The molecule has 0 saturated carbocycles. The SMILES string of the molecule is C=C/C=C(C)/C=C(\C)C(=C)C(Br)Br. The largest absolute Gasteiger partial charge is 0.0991 e. The molecule has 0 aromatic heterocycles. The van der Waals surface area contributed by atoms with E-state index in [-0.39, 0.29) is 3.74 Å². The predicted octanol–water partition coefficient (Wildman–Crippen LogP) is 4.74. The molecular formula is C11H14Br2. The minimum atomic E-state index is 0.146. The minimum absolute atomic E-state index is 0.146. The summed E-state index contributed by atoms with van der Waals surface area (Å²) in [6, 6.07) is 0. The molecule has 0 aliphatic carbocycles. The highest BCUT2D eigenvalue weighted by atomic mass is 79.9. The number of allylic oxidation sites excluding steroid dienone is 6. The molecule has 0 bridgehead atoms. The predicted molar refractivity (Wildman–Crippen MR) is 68.5 cm³/mol. The van der Waals surface area contributed by atoms with Gasteiger partial charge in [-0.25, -0.2) is 0 Å². The lowest BCUT2D eigenvalue weighted by molar-refractivity contribution is 1.33. The molecule has 0 saturated heterocycles. The molecular weight excluding hydrogens is 292 g/mol. The van der Waals surface area contributed by atoms with Crippen molar-refractivity contribution in [3.05, 3.63) is 48.1 Å². The molecule has 0 fully saturated rings. The fourth-order valence-corrected chi connectivity index (χ4v) is 1.56. The summed E-state index contributed by atoms with van der Waals surface area (Å²) in [7, 11) is 0. The van der Waals surface area contributed by atoms with Crippen molar-refractivity contribution in [3.63, 3.8) is 0 Å². The molecule has 0 N–H and O–H groups in total. The van der Waals surface area contributed by atoms with Crippen molar-refractivity contribution in [2.75, 3.05) is 0 Å². The zero-order chi connectivity index (χ0) is 10.4. The second kappa shape index (κ2) is 6.39. The molecule has 0 aromatic carbocycles. The van der Waals surface area contributed by atoms with Gasteiger partial charge in [-0.05, 0) is 25.0 Å². The summed E-state index contributed by atoms with van der Waals surface area (Å²) < 4.78 is 0.146. The first-order valence-corrected chi connectivity index (χ1v) is 5.77. The third-order valence-electron chi connectivity index (χ3n) is 1.59. The number of alkyl halides is 2. The van der Waals surface area contributed by atoms with E-state index in [1.165, 1.54) is 5.57 Å². The van der Waals surface area contributed by atoms with Crippen molar-refractivity contribution in [3.8, 4) is 0 Å². The van der Waals surface area contributed by atoms with E-state index >= 15 is 0 Å². The second-order valence-electron chi connectivity index (χ2n) is 2.80. The van der Waals surface area contributed by atoms with Crippen LogP contribution in [0.1, 0.15) is 13.8 Å². The van der Waals surface area contributed by atoms with E-state index < -0.39 is 0 Å². The highest BCUT2D eigenvalue weighted by molar-refractivity contribution is 9.24. The standard InChI is InChI=1S/C11H14Br2/c1-5-6-8(2)7-9(3)10(4)11(12)13/h5-7,11H,1,4H2,2-3H3/b8-6+,9-7+. The monoisotopic (exact) mass is 304 g/mol. The second-order valence-corrected chi connectivity index (χ2v) is 5.86. The summed E-state index contributed by atoms with van der Waals surface area (Å²) in [4.78, 5) is 0. The van der Waals surface area contributed by atoms with Gasteiger partial charge in [-0.15, -0.1) is 0 Å². The maximum Gasteiger partial charge on any atom is 0.0943 e. The molecule has 0 spiro atoms. The summed E-state index contributed by atoms with van der Waals surface area (Å²) in [5.41, 5.74) is 3.38. The van der Waals surface area contributed by atoms with Crippen molar-refractivity contribution < 1.29 is 0 Å². The van der Waals surface area contributed by atoms with Crippen LogP contribution in [-0.2, 0) is 0 Å². The zero-order valence-corrected chi connectivity index (χ0v) is 11.2. The van der Waals surface area contributed by atoms with E-state index in [1.807, 2.05) is 19.9 Å². The lowest BCUT2D eigenvalue weighted by Gasteiger charge is -2.06. The molecule has 0 aromatic rings. The van der Waals surface area contributed by atoms with Gasteiger partial charge in [0.05, 0.1) is 3.74 Å². The van der Waals surface area contributed by atoms with Gasteiger partial charge in [-0.2, -0.15) is 0 Å². The first-order chi connectivity index (χ1) is 5.99. The molecule has 0 aliphatic rings. The van der Waals surface area contributed by atoms with Gasteiger partial charge < -0.3 is 0 Å². The van der Waals surface area contributed by atoms with Gasteiger partial charge >= 0.3 is 0 Å². The van der Waals surface area contributed by atoms with Gasteiger partial charge in [0.2, 0.25) is 0 Å². The molecule has 0 atom stereocenters. The van der Waals surface area contributed by atoms with Crippen LogP contribution in [0.5, 0.6) is 0 Å².